The molecule has 1 fully saturated rings. The Morgan fingerprint density at radius 2 is 2.12 bits per heavy atom. The Morgan fingerprint density at radius 3 is 2.88 bits per heavy atom. The number of carbonyl (C=O) groups is 2. The quantitative estimate of drug-likeness (QED) is 0.856. The van der Waals surface area contributed by atoms with Crippen LogP contribution in [0.2, 0.25) is 0 Å². The maximum Gasteiger partial charge on any atom is 0.262 e. The van der Waals surface area contributed by atoms with E-state index in [0.717, 1.165) is 11.1 Å². The second kappa shape index (κ2) is 5.26. The first-order chi connectivity index (χ1) is 11.5. The number of imide groups is 1. The zero-order chi connectivity index (χ0) is 16.8. The summed E-state index contributed by atoms with van der Waals surface area (Å²) in [6, 6.07) is 9.11. The lowest BCUT2D eigenvalue weighted by atomic mass is 9.82. The topological polar surface area (TPSA) is 85.8 Å². The molecule has 2 amide bonds. The van der Waals surface area contributed by atoms with Crippen molar-refractivity contribution < 1.29 is 18.7 Å². The van der Waals surface area contributed by atoms with Crippen molar-refractivity contribution in [1.82, 2.24) is 4.90 Å². The molecule has 1 unspecified atom stereocenters. The van der Waals surface area contributed by atoms with Gasteiger partial charge in [-0.3, -0.25) is 14.5 Å². The summed E-state index contributed by atoms with van der Waals surface area (Å²) in [6.45, 7) is 2.05. The molecule has 1 atom stereocenters. The van der Waals surface area contributed by atoms with Gasteiger partial charge in [-0.15, -0.1) is 0 Å². The van der Waals surface area contributed by atoms with Gasteiger partial charge in [-0.25, -0.2) is 0 Å². The number of hydrogen-bond acceptors (Lipinski definition) is 5. The minimum absolute atomic E-state index is 0.0679. The van der Waals surface area contributed by atoms with E-state index < -0.39 is 5.91 Å². The normalized spacial score (nSPS) is 19.9. The third-order valence-corrected chi connectivity index (χ3v) is 4.42. The van der Waals surface area contributed by atoms with E-state index >= 15 is 0 Å². The van der Waals surface area contributed by atoms with Gasteiger partial charge in [0, 0.05) is 17.9 Å². The summed E-state index contributed by atoms with van der Waals surface area (Å²) >= 11 is 0. The summed E-state index contributed by atoms with van der Waals surface area (Å²) in [5.41, 5.74) is 8.20. The minimum Gasteiger partial charge on any atom is -0.467 e. The molecule has 3 heterocycles. The predicted octanol–water partition coefficient (Wildman–Crippen LogP) is 2.19. The average Bonchev–Trinajstić information content (AvgIpc) is 3.05. The van der Waals surface area contributed by atoms with Crippen LogP contribution < -0.4 is 10.5 Å². The Balaban J connectivity index is 1.73. The van der Waals surface area contributed by atoms with Gasteiger partial charge in [0.05, 0.1) is 18.4 Å². The van der Waals surface area contributed by atoms with Crippen molar-refractivity contribution in [3.05, 3.63) is 64.9 Å². The summed E-state index contributed by atoms with van der Waals surface area (Å²) in [7, 11) is 0. The van der Waals surface area contributed by atoms with Gasteiger partial charge in [-0.05, 0) is 25.1 Å². The maximum atomic E-state index is 12.8. The molecule has 2 aliphatic rings. The van der Waals surface area contributed by atoms with Crippen molar-refractivity contribution in [2.45, 2.75) is 25.8 Å². The highest BCUT2D eigenvalue weighted by molar-refractivity contribution is 6.09. The van der Waals surface area contributed by atoms with Gasteiger partial charge >= 0.3 is 0 Å². The molecule has 0 bridgehead atoms. The molecule has 2 aliphatic heterocycles. The van der Waals surface area contributed by atoms with Crippen LogP contribution in [0.4, 0.5) is 0 Å². The number of carbonyl (C=O) groups excluding carboxylic acids is 2. The van der Waals surface area contributed by atoms with Crippen LogP contribution in [-0.2, 0) is 16.1 Å². The van der Waals surface area contributed by atoms with E-state index in [1.165, 1.54) is 11.2 Å². The van der Waals surface area contributed by atoms with Crippen LogP contribution in [0.5, 0.6) is 5.75 Å². The zero-order valence-electron chi connectivity index (χ0n) is 13.1. The van der Waals surface area contributed by atoms with E-state index in [1.54, 1.807) is 12.1 Å². The largest absolute Gasteiger partial charge is 0.467 e. The molecule has 122 valence electrons. The molecule has 2 N–H and O–H groups in total. The number of likely N-dealkylation sites (tertiary alicyclic amines) is 1. The number of amides is 2. The molecule has 6 nitrogen and oxygen atoms in total. The second-order valence-electron chi connectivity index (χ2n) is 6.04. The summed E-state index contributed by atoms with van der Waals surface area (Å²) < 4.78 is 10.9. The number of nitrogens with two attached hydrogens (primary N) is 1. The van der Waals surface area contributed by atoms with E-state index in [2.05, 4.69) is 0 Å². The van der Waals surface area contributed by atoms with Crippen molar-refractivity contribution in [1.29, 1.82) is 0 Å². The molecular formula is C18H16N2O4. The first kappa shape index (κ1) is 14.6. The van der Waals surface area contributed by atoms with E-state index in [4.69, 9.17) is 14.9 Å². The SMILES string of the molecule is Cc1ccc2c(c1)C1CC(=O)N(Cc3ccco3)C(=O)C1=C(N)O2. The maximum absolute atomic E-state index is 12.8. The summed E-state index contributed by atoms with van der Waals surface area (Å²) in [5, 5.41) is 0. The van der Waals surface area contributed by atoms with Crippen LogP contribution in [0, 0.1) is 6.92 Å². The first-order valence-electron chi connectivity index (χ1n) is 7.69. The predicted molar refractivity (Wildman–Crippen MR) is 84.6 cm³/mol. The molecule has 4 rings (SSSR count). The number of furan rings is 1. The highest BCUT2D eigenvalue weighted by atomic mass is 16.5. The Morgan fingerprint density at radius 1 is 1.29 bits per heavy atom. The van der Waals surface area contributed by atoms with E-state index in [-0.39, 0.29) is 30.7 Å². The number of benzene rings is 1. The third kappa shape index (κ3) is 2.19. The molecule has 0 spiro atoms. The fraction of sp³-hybridized carbons (Fsp3) is 0.222. The molecule has 24 heavy (non-hydrogen) atoms. The van der Waals surface area contributed by atoms with E-state index in [1.807, 2.05) is 25.1 Å². The van der Waals surface area contributed by atoms with Crippen LogP contribution in [0.1, 0.15) is 29.2 Å². The third-order valence-electron chi connectivity index (χ3n) is 4.42. The van der Waals surface area contributed by atoms with E-state index in [0.29, 0.717) is 17.1 Å². The smallest absolute Gasteiger partial charge is 0.262 e. The number of aryl methyl sites for hydroxylation is 1. The Labute approximate surface area is 138 Å². The van der Waals surface area contributed by atoms with Gasteiger partial charge < -0.3 is 14.9 Å². The first-order valence-corrected chi connectivity index (χ1v) is 7.69. The Kier molecular flexibility index (Phi) is 3.19. The monoisotopic (exact) mass is 324 g/mol. The van der Waals surface area contributed by atoms with E-state index in [9.17, 15) is 9.59 Å². The second-order valence-corrected chi connectivity index (χ2v) is 6.04. The number of rotatable bonds is 2. The fourth-order valence-corrected chi connectivity index (χ4v) is 3.26. The highest BCUT2D eigenvalue weighted by Crippen LogP contribution is 2.43. The van der Waals surface area contributed by atoms with Crippen molar-refractivity contribution in [2.75, 3.05) is 0 Å². The number of hydrogen-bond donors (Lipinski definition) is 1. The van der Waals surface area contributed by atoms with Gasteiger partial charge in [0.15, 0.2) is 5.88 Å². The van der Waals surface area contributed by atoms with Gasteiger partial charge in [-0.1, -0.05) is 17.7 Å². The number of fused-ring (bicyclic) bond motifs is 3. The van der Waals surface area contributed by atoms with Crippen molar-refractivity contribution in [3.63, 3.8) is 0 Å². The van der Waals surface area contributed by atoms with Crippen molar-refractivity contribution in [2.24, 2.45) is 5.73 Å². The van der Waals surface area contributed by atoms with Gasteiger partial charge in [0.2, 0.25) is 5.91 Å². The Hall–Kier alpha value is -3.02. The summed E-state index contributed by atoms with van der Waals surface area (Å²) in [4.78, 5) is 26.6. The standard InChI is InChI=1S/C18H16N2O4/c1-10-4-5-14-12(7-10)13-8-15(21)20(9-11-3-2-6-23-11)18(22)16(13)17(19)24-14/h2-7,13H,8-9,19H2,1H3. The lowest BCUT2D eigenvalue weighted by molar-refractivity contribution is -0.146. The molecule has 6 heteroatoms. The molecular weight excluding hydrogens is 308 g/mol. The lowest BCUT2D eigenvalue weighted by Crippen LogP contribution is -2.46. The number of piperidine rings is 1. The number of ether oxygens (including phenoxy) is 1. The lowest BCUT2D eigenvalue weighted by Gasteiger charge is -2.35. The minimum atomic E-state index is -0.419. The van der Waals surface area contributed by atoms with Gasteiger partial charge in [0.25, 0.3) is 5.91 Å². The van der Waals surface area contributed by atoms with Crippen LogP contribution >= 0.6 is 0 Å². The Bertz CT molecular complexity index is 867. The average molecular weight is 324 g/mol. The molecule has 2 aromatic rings. The molecule has 0 radical (unpaired) electrons. The number of nitrogens with zero attached hydrogens (tertiary/aromatic N) is 1. The molecule has 1 saturated heterocycles. The van der Waals surface area contributed by atoms with Gasteiger partial charge in [-0.2, -0.15) is 0 Å². The van der Waals surface area contributed by atoms with Crippen molar-refractivity contribution in [3.8, 4) is 5.75 Å². The van der Waals surface area contributed by atoms with Crippen molar-refractivity contribution >= 4 is 11.8 Å². The zero-order valence-corrected chi connectivity index (χ0v) is 13.1. The van der Waals surface area contributed by atoms with Crippen LogP contribution in [0.25, 0.3) is 0 Å². The summed E-state index contributed by atoms with van der Waals surface area (Å²) in [5.74, 6) is 0.193. The summed E-state index contributed by atoms with van der Waals surface area (Å²) in [6.07, 6.45) is 1.69. The van der Waals surface area contributed by atoms with Gasteiger partial charge in [0.1, 0.15) is 11.5 Å². The molecule has 1 aromatic carbocycles. The molecule has 0 saturated carbocycles. The van der Waals surface area contributed by atoms with Crippen LogP contribution in [0.3, 0.4) is 0 Å². The van der Waals surface area contributed by atoms with Crippen LogP contribution in [0.15, 0.2) is 52.5 Å². The fourth-order valence-electron chi connectivity index (χ4n) is 3.26. The van der Waals surface area contributed by atoms with Crippen LogP contribution in [-0.4, -0.2) is 16.7 Å². The highest BCUT2D eigenvalue weighted by Gasteiger charge is 2.43. The molecule has 0 aliphatic carbocycles. The molecule has 1 aromatic heterocycles.